The highest BCUT2D eigenvalue weighted by Gasteiger charge is 2.22. The van der Waals surface area contributed by atoms with Crippen LogP contribution in [-0.2, 0) is 11.3 Å². The smallest absolute Gasteiger partial charge is 0.0765 e. The van der Waals surface area contributed by atoms with Gasteiger partial charge in [0.1, 0.15) is 0 Å². The second kappa shape index (κ2) is 4.89. The van der Waals surface area contributed by atoms with E-state index >= 15 is 0 Å². The molecule has 1 atom stereocenters. The minimum atomic E-state index is 0.433. The van der Waals surface area contributed by atoms with Crippen LogP contribution < -0.4 is 0 Å². The molecule has 1 saturated heterocycles. The van der Waals surface area contributed by atoms with Gasteiger partial charge in [-0.2, -0.15) is 0 Å². The third-order valence-corrected chi connectivity index (χ3v) is 2.78. The number of hydrogen-bond donors (Lipinski definition) is 0. The van der Waals surface area contributed by atoms with Crippen molar-refractivity contribution in [1.82, 2.24) is 14.9 Å². The van der Waals surface area contributed by atoms with Crippen LogP contribution in [0.15, 0.2) is 6.20 Å². The van der Waals surface area contributed by atoms with Crippen LogP contribution in [0.2, 0.25) is 0 Å². The predicted octanol–water partition coefficient (Wildman–Crippen LogP) is 1.35. The minimum Gasteiger partial charge on any atom is -0.381 e. The van der Waals surface area contributed by atoms with Crippen LogP contribution in [0.3, 0.4) is 0 Å². The number of rotatable bonds is 3. The van der Waals surface area contributed by atoms with E-state index in [0.717, 1.165) is 43.3 Å². The molecule has 0 amide bonds. The Kier molecular flexibility index (Phi) is 3.51. The molecule has 0 aliphatic carbocycles. The molecule has 1 aromatic rings. The summed E-state index contributed by atoms with van der Waals surface area (Å²) in [5.41, 5.74) is 3.21. The molecule has 2 rings (SSSR count). The Morgan fingerprint density at radius 3 is 2.94 bits per heavy atom. The third kappa shape index (κ3) is 2.57. The van der Waals surface area contributed by atoms with Crippen molar-refractivity contribution in [3.8, 4) is 0 Å². The van der Waals surface area contributed by atoms with E-state index in [9.17, 15) is 0 Å². The van der Waals surface area contributed by atoms with Crippen molar-refractivity contribution in [3.63, 3.8) is 0 Å². The monoisotopic (exact) mass is 221 g/mol. The molecule has 1 aromatic heterocycles. The topological polar surface area (TPSA) is 38.2 Å². The second-order valence-electron chi connectivity index (χ2n) is 4.64. The Hall–Kier alpha value is -1.00. The van der Waals surface area contributed by atoms with Crippen molar-refractivity contribution >= 4 is 0 Å². The van der Waals surface area contributed by atoms with Crippen molar-refractivity contribution in [1.29, 1.82) is 0 Å². The quantitative estimate of drug-likeness (QED) is 0.772. The van der Waals surface area contributed by atoms with Crippen LogP contribution in [0, 0.1) is 6.92 Å². The van der Waals surface area contributed by atoms with Crippen LogP contribution in [-0.4, -0.2) is 42.2 Å². The first-order valence-electron chi connectivity index (χ1n) is 5.71. The molecule has 2 heterocycles. The van der Waals surface area contributed by atoms with E-state index in [0.29, 0.717) is 5.92 Å². The zero-order chi connectivity index (χ0) is 11.5. The molecule has 0 N–H and O–H groups in total. The summed E-state index contributed by atoms with van der Waals surface area (Å²) in [6.45, 7) is 4.47. The van der Waals surface area contributed by atoms with Crippen molar-refractivity contribution in [2.45, 2.75) is 25.8 Å². The Bertz CT molecular complexity index is 359. The molecule has 0 bridgehead atoms. The molecule has 0 radical (unpaired) electrons. The average Bonchev–Trinajstić information content (AvgIpc) is 2.69. The van der Waals surface area contributed by atoms with Gasteiger partial charge in [0.15, 0.2) is 0 Å². The lowest BCUT2D eigenvalue weighted by atomic mass is 10.0. The number of aryl methyl sites for hydroxylation is 1. The molecule has 0 spiro atoms. The van der Waals surface area contributed by atoms with Crippen LogP contribution in [0.5, 0.6) is 0 Å². The summed E-state index contributed by atoms with van der Waals surface area (Å²) in [6, 6.07) is 0. The van der Waals surface area contributed by atoms with Gasteiger partial charge in [-0.1, -0.05) is 0 Å². The molecule has 1 aliphatic heterocycles. The highest BCUT2D eigenvalue weighted by molar-refractivity contribution is 5.19. The van der Waals surface area contributed by atoms with E-state index in [-0.39, 0.29) is 0 Å². The van der Waals surface area contributed by atoms with E-state index in [1.165, 1.54) is 0 Å². The molecular weight excluding hydrogens is 202 g/mol. The molecule has 4 nitrogen and oxygen atoms in total. The molecule has 0 saturated carbocycles. The molecule has 4 heteroatoms. The van der Waals surface area contributed by atoms with E-state index in [2.05, 4.69) is 29.0 Å². The second-order valence-corrected chi connectivity index (χ2v) is 4.64. The van der Waals surface area contributed by atoms with E-state index in [1.54, 1.807) is 0 Å². The number of nitrogens with zero attached hydrogens (tertiary/aromatic N) is 3. The molecule has 1 aliphatic rings. The first-order chi connectivity index (χ1) is 7.66. The zero-order valence-electron chi connectivity index (χ0n) is 10.2. The van der Waals surface area contributed by atoms with Gasteiger partial charge in [0.2, 0.25) is 0 Å². The maximum atomic E-state index is 5.42. The van der Waals surface area contributed by atoms with Gasteiger partial charge in [-0.15, -0.1) is 0 Å². The lowest BCUT2D eigenvalue weighted by molar-refractivity contribution is 0.193. The number of ether oxygens (including phenoxy) is 1. The summed E-state index contributed by atoms with van der Waals surface area (Å²) < 4.78 is 5.42. The highest BCUT2D eigenvalue weighted by Crippen LogP contribution is 2.25. The van der Waals surface area contributed by atoms with Gasteiger partial charge in [0.25, 0.3) is 0 Å². The number of hydrogen-bond acceptors (Lipinski definition) is 4. The van der Waals surface area contributed by atoms with Crippen LogP contribution in [0.4, 0.5) is 0 Å². The highest BCUT2D eigenvalue weighted by atomic mass is 16.5. The molecule has 1 unspecified atom stereocenters. The Balaban J connectivity index is 2.27. The lowest BCUT2D eigenvalue weighted by Gasteiger charge is -2.16. The van der Waals surface area contributed by atoms with Gasteiger partial charge in [0, 0.05) is 25.3 Å². The zero-order valence-corrected chi connectivity index (χ0v) is 10.2. The Morgan fingerprint density at radius 1 is 1.50 bits per heavy atom. The normalized spacial score (nSPS) is 20.6. The fourth-order valence-electron chi connectivity index (χ4n) is 2.04. The van der Waals surface area contributed by atoms with Gasteiger partial charge in [-0.3, -0.25) is 9.97 Å². The standard InChI is InChI=1S/C12H19N3O/c1-9-6-13-12(10-4-5-16-8-10)11(14-9)7-15(2)3/h6,10H,4-5,7-8H2,1-3H3. The summed E-state index contributed by atoms with van der Waals surface area (Å²) >= 11 is 0. The summed E-state index contributed by atoms with van der Waals surface area (Å²) in [5.74, 6) is 0.433. The summed E-state index contributed by atoms with van der Waals surface area (Å²) in [5, 5.41) is 0. The maximum Gasteiger partial charge on any atom is 0.0765 e. The van der Waals surface area contributed by atoms with Crippen molar-refractivity contribution in [2.24, 2.45) is 0 Å². The Labute approximate surface area is 96.7 Å². The van der Waals surface area contributed by atoms with Crippen molar-refractivity contribution < 1.29 is 4.74 Å². The van der Waals surface area contributed by atoms with Crippen LogP contribution in [0.1, 0.15) is 29.4 Å². The first-order valence-corrected chi connectivity index (χ1v) is 5.71. The predicted molar refractivity (Wildman–Crippen MR) is 62.3 cm³/mol. The van der Waals surface area contributed by atoms with Gasteiger partial charge in [-0.25, -0.2) is 0 Å². The lowest BCUT2D eigenvalue weighted by Crippen LogP contribution is -2.17. The van der Waals surface area contributed by atoms with Gasteiger partial charge in [0.05, 0.1) is 23.7 Å². The van der Waals surface area contributed by atoms with Crippen LogP contribution in [0.25, 0.3) is 0 Å². The van der Waals surface area contributed by atoms with E-state index in [1.807, 2.05) is 13.1 Å². The van der Waals surface area contributed by atoms with Gasteiger partial charge >= 0.3 is 0 Å². The fourth-order valence-corrected chi connectivity index (χ4v) is 2.04. The SMILES string of the molecule is Cc1cnc(C2CCOC2)c(CN(C)C)n1. The number of aromatic nitrogens is 2. The minimum absolute atomic E-state index is 0.433. The molecule has 1 fully saturated rings. The van der Waals surface area contributed by atoms with Gasteiger partial charge in [-0.05, 0) is 27.4 Å². The van der Waals surface area contributed by atoms with Crippen LogP contribution >= 0.6 is 0 Å². The summed E-state index contributed by atoms with van der Waals surface area (Å²) in [6.07, 6.45) is 2.92. The molecule has 0 aromatic carbocycles. The molecule has 16 heavy (non-hydrogen) atoms. The summed E-state index contributed by atoms with van der Waals surface area (Å²) in [7, 11) is 4.11. The van der Waals surface area contributed by atoms with Gasteiger partial charge < -0.3 is 9.64 Å². The molecular formula is C12H19N3O. The fraction of sp³-hybridized carbons (Fsp3) is 0.667. The first kappa shape index (κ1) is 11.5. The maximum absolute atomic E-state index is 5.42. The Morgan fingerprint density at radius 2 is 2.31 bits per heavy atom. The van der Waals surface area contributed by atoms with Crippen molar-refractivity contribution in [2.75, 3.05) is 27.3 Å². The largest absolute Gasteiger partial charge is 0.381 e. The summed E-state index contributed by atoms with van der Waals surface area (Å²) in [4.78, 5) is 11.3. The van der Waals surface area contributed by atoms with E-state index < -0.39 is 0 Å². The third-order valence-electron chi connectivity index (χ3n) is 2.78. The van der Waals surface area contributed by atoms with E-state index in [4.69, 9.17) is 4.74 Å². The molecule has 88 valence electrons. The van der Waals surface area contributed by atoms with Crippen molar-refractivity contribution in [3.05, 3.63) is 23.3 Å². The average molecular weight is 221 g/mol.